The second kappa shape index (κ2) is 10.5. The molecule has 1 aromatic rings. The molecule has 2 heterocycles. The number of nitrogens with one attached hydrogen (secondary N) is 2. The van der Waals surface area contributed by atoms with Gasteiger partial charge in [0.1, 0.15) is 11.9 Å². The van der Waals surface area contributed by atoms with Crippen LogP contribution in [0.25, 0.3) is 0 Å². The number of nitrogens with zero attached hydrogens (tertiary/aromatic N) is 1. The van der Waals surface area contributed by atoms with Gasteiger partial charge >= 0.3 is 6.03 Å². The van der Waals surface area contributed by atoms with Gasteiger partial charge in [0.15, 0.2) is 0 Å². The highest BCUT2D eigenvalue weighted by Gasteiger charge is 2.33. The minimum atomic E-state index is -0.529. The number of rotatable bonds is 6. The summed E-state index contributed by atoms with van der Waals surface area (Å²) in [6, 6.07) is 6.40. The second-order valence-electron chi connectivity index (χ2n) is 7.64. The molecule has 0 spiro atoms. The number of anilines is 1. The fraction of sp³-hybridized carbons (Fsp3) is 0.619. The van der Waals surface area contributed by atoms with E-state index in [0.717, 1.165) is 25.9 Å². The van der Waals surface area contributed by atoms with E-state index in [0.29, 0.717) is 30.7 Å². The van der Waals surface area contributed by atoms with Gasteiger partial charge in [0.2, 0.25) is 5.91 Å². The lowest BCUT2D eigenvalue weighted by molar-refractivity contribution is -0.141. The van der Waals surface area contributed by atoms with Crippen LogP contribution in [0.1, 0.15) is 38.5 Å². The van der Waals surface area contributed by atoms with E-state index < -0.39 is 6.10 Å². The van der Waals surface area contributed by atoms with Gasteiger partial charge < -0.3 is 30.1 Å². The molecule has 3 atom stereocenters. The largest absolute Gasteiger partial charge is 0.497 e. The van der Waals surface area contributed by atoms with Gasteiger partial charge in [-0.15, -0.1) is 0 Å². The van der Waals surface area contributed by atoms with E-state index in [9.17, 15) is 14.7 Å². The molecule has 2 fully saturated rings. The predicted molar refractivity (Wildman–Crippen MR) is 109 cm³/mol. The third kappa shape index (κ3) is 6.08. The molecule has 0 aromatic heterocycles. The van der Waals surface area contributed by atoms with Crippen LogP contribution in [0.2, 0.25) is 0 Å². The molecule has 2 aliphatic rings. The number of urea groups is 1. The van der Waals surface area contributed by atoms with Crippen molar-refractivity contribution in [1.82, 2.24) is 10.2 Å². The van der Waals surface area contributed by atoms with Gasteiger partial charge in [-0.05, 0) is 44.2 Å². The highest BCUT2D eigenvalue weighted by atomic mass is 16.5. The summed E-state index contributed by atoms with van der Waals surface area (Å²) in [5.41, 5.74) is 0.615. The number of aliphatic hydroxyl groups excluding tert-OH is 1. The number of methoxy groups -OCH3 is 1. The molecular weight excluding hydrogens is 374 g/mol. The van der Waals surface area contributed by atoms with E-state index in [-0.39, 0.29) is 30.7 Å². The van der Waals surface area contributed by atoms with E-state index in [4.69, 9.17) is 9.47 Å². The molecule has 1 aromatic carbocycles. The number of carbonyl (C=O) groups is 2. The first-order chi connectivity index (χ1) is 14.1. The Bertz CT molecular complexity index is 693. The lowest BCUT2D eigenvalue weighted by Crippen LogP contribution is -2.52. The summed E-state index contributed by atoms with van der Waals surface area (Å²) >= 11 is 0. The van der Waals surface area contributed by atoms with Crippen molar-refractivity contribution >= 4 is 17.6 Å². The topological polar surface area (TPSA) is 100 Å². The van der Waals surface area contributed by atoms with Crippen LogP contribution in [-0.2, 0) is 9.53 Å². The Kier molecular flexibility index (Phi) is 7.71. The Morgan fingerprint density at radius 1 is 1.24 bits per heavy atom. The highest BCUT2D eigenvalue weighted by Crippen LogP contribution is 2.24. The van der Waals surface area contributed by atoms with E-state index >= 15 is 0 Å². The minimum absolute atomic E-state index is 0.119. The minimum Gasteiger partial charge on any atom is -0.497 e. The normalized spacial score (nSPS) is 24.6. The van der Waals surface area contributed by atoms with Crippen molar-refractivity contribution in [3.63, 3.8) is 0 Å². The second-order valence-corrected chi connectivity index (χ2v) is 7.64. The third-order valence-electron chi connectivity index (χ3n) is 5.55. The van der Waals surface area contributed by atoms with Gasteiger partial charge in [-0.25, -0.2) is 4.79 Å². The third-order valence-corrected chi connectivity index (χ3v) is 5.55. The lowest BCUT2D eigenvalue weighted by atomic mass is 9.96. The van der Waals surface area contributed by atoms with Crippen molar-refractivity contribution in [3.05, 3.63) is 24.3 Å². The van der Waals surface area contributed by atoms with Crippen LogP contribution in [0.3, 0.4) is 0 Å². The maximum atomic E-state index is 12.5. The van der Waals surface area contributed by atoms with Crippen molar-refractivity contribution in [1.29, 1.82) is 0 Å². The number of hydrogen-bond acceptors (Lipinski definition) is 5. The first-order valence-corrected chi connectivity index (χ1v) is 10.3. The summed E-state index contributed by atoms with van der Waals surface area (Å²) in [5, 5.41) is 15.4. The Labute approximate surface area is 171 Å². The van der Waals surface area contributed by atoms with Crippen LogP contribution in [-0.4, -0.2) is 67.0 Å². The van der Waals surface area contributed by atoms with Crippen LogP contribution >= 0.6 is 0 Å². The van der Waals surface area contributed by atoms with Crippen molar-refractivity contribution in [3.8, 4) is 5.75 Å². The summed E-state index contributed by atoms with van der Waals surface area (Å²) in [7, 11) is 1.57. The maximum Gasteiger partial charge on any atom is 0.319 e. The number of likely N-dealkylation sites (tertiary alicyclic amines) is 1. The fourth-order valence-electron chi connectivity index (χ4n) is 3.95. The Morgan fingerprint density at radius 3 is 2.76 bits per heavy atom. The lowest BCUT2D eigenvalue weighted by Gasteiger charge is -2.37. The Hall–Kier alpha value is -2.32. The fourth-order valence-corrected chi connectivity index (χ4v) is 3.95. The van der Waals surface area contributed by atoms with Crippen molar-refractivity contribution < 1.29 is 24.2 Å². The summed E-state index contributed by atoms with van der Waals surface area (Å²) < 4.78 is 11.1. The first kappa shape index (κ1) is 21.4. The number of ether oxygens (including phenoxy) is 2. The summed E-state index contributed by atoms with van der Waals surface area (Å²) in [5.74, 6) is 0.770. The highest BCUT2D eigenvalue weighted by molar-refractivity contribution is 5.89. The zero-order valence-electron chi connectivity index (χ0n) is 16.9. The number of hydrogen-bond donors (Lipinski definition) is 3. The van der Waals surface area contributed by atoms with Crippen LogP contribution < -0.4 is 15.4 Å². The molecule has 3 rings (SSSR count). The van der Waals surface area contributed by atoms with Crippen LogP contribution in [0.15, 0.2) is 24.3 Å². The molecule has 29 heavy (non-hydrogen) atoms. The zero-order valence-corrected chi connectivity index (χ0v) is 16.9. The summed E-state index contributed by atoms with van der Waals surface area (Å²) in [6.07, 6.45) is 4.20. The molecule has 0 saturated carbocycles. The molecule has 0 radical (unpaired) electrons. The number of carbonyl (C=O) groups excluding carboxylic acids is 2. The van der Waals surface area contributed by atoms with Gasteiger partial charge in [-0.1, -0.05) is 6.07 Å². The number of benzene rings is 1. The maximum absolute atomic E-state index is 12.5. The zero-order chi connectivity index (χ0) is 20.6. The van der Waals surface area contributed by atoms with Gasteiger partial charge in [0.05, 0.1) is 32.3 Å². The molecule has 2 saturated heterocycles. The quantitative estimate of drug-likeness (QED) is 0.673. The van der Waals surface area contributed by atoms with E-state index in [1.54, 1.807) is 31.4 Å². The molecular formula is C21H31N3O5. The van der Waals surface area contributed by atoms with Crippen LogP contribution in [0.4, 0.5) is 10.5 Å². The average Bonchev–Trinajstić information content (AvgIpc) is 2.75. The SMILES string of the molecule is COc1cccc(NC(=O)N[C@@H]2CC[C@H](CC(=O)N3CCCCC3)O[C@H]2CO)c1. The van der Waals surface area contributed by atoms with Crippen molar-refractivity contribution in [2.24, 2.45) is 0 Å². The predicted octanol–water partition coefficient (Wildman–Crippen LogP) is 2.13. The Balaban J connectivity index is 1.48. The van der Waals surface area contributed by atoms with Gasteiger partial charge in [0.25, 0.3) is 0 Å². The summed E-state index contributed by atoms with van der Waals surface area (Å²) in [4.78, 5) is 26.7. The van der Waals surface area contributed by atoms with E-state index in [2.05, 4.69) is 10.6 Å². The molecule has 3 amide bonds. The summed E-state index contributed by atoms with van der Waals surface area (Å²) in [6.45, 7) is 1.44. The molecule has 0 aliphatic carbocycles. The molecule has 0 bridgehead atoms. The van der Waals surface area contributed by atoms with Crippen molar-refractivity contribution in [2.75, 3.05) is 32.1 Å². The molecule has 8 heteroatoms. The molecule has 160 valence electrons. The number of amides is 3. The van der Waals surface area contributed by atoms with Gasteiger partial charge in [-0.3, -0.25) is 4.79 Å². The van der Waals surface area contributed by atoms with Gasteiger partial charge in [-0.2, -0.15) is 0 Å². The van der Waals surface area contributed by atoms with E-state index in [1.807, 2.05) is 4.90 Å². The monoisotopic (exact) mass is 405 g/mol. The van der Waals surface area contributed by atoms with Crippen LogP contribution in [0, 0.1) is 0 Å². The Morgan fingerprint density at radius 2 is 2.03 bits per heavy atom. The average molecular weight is 405 g/mol. The van der Waals surface area contributed by atoms with Crippen LogP contribution in [0.5, 0.6) is 5.75 Å². The first-order valence-electron chi connectivity index (χ1n) is 10.3. The standard InChI is InChI=1S/C21H31N3O5/c1-28-16-7-5-6-15(12-16)22-21(27)23-18-9-8-17(29-19(18)14-25)13-20(26)24-10-3-2-4-11-24/h5-7,12,17-19,25H,2-4,8-11,13-14H2,1H3,(H2,22,23,27)/t17-,18-,19+/m1/s1. The van der Waals surface area contributed by atoms with Gasteiger partial charge in [0, 0.05) is 24.8 Å². The number of piperidine rings is 1. The molecule has 2 aliphatic heterocycles. The molecule has 8 nitrogen and oxygen atoms in total. The van der Waals surface area contributed by atoms with Crippen molar-refractivity contribution in [2.45, 2.75) is 56.8 Å². The van der Waals surface area contributed by atoms with E-state index in [1.165, 1.54) is 6.42 Å². The smallest absolute Gasteiger partial charge is 0.319 e. The number of aliphatic hydroxyl groups is 1. The molecule has 3 N–H and O–H groups in total. The molecule has 0 unspecified atom stereocenters.